The molecular formula is C20H25FN4O3. The van der Waals surface area contributed by atoms with Gasteiger partial charge in [-0.1, -0.05) is 0 Å². The largest absolute Gasteiger partial charge is 0.342 e. The van der Waals surface area contributed by atoms with E-state index < -0.39 is 11.7 Å². The molecule has 3 aliphatic heterocycles. The van der Waals surface area contributed by atoms with Crippen LogP contribution in [0.2, 0.25) is 0 Å². The van der Waals surface area contributed by atoms with Gasteiger partial charge in [0.15, 0.2) is 0 Å². The Hall–Kier alpha value is -2.48. The molecule has 2 saturated heterocycles. The molecule has 3 heterocycles. The van der Waals surface area contributed by atoms with Crippen molar-refractivity contribution in [3.63, 3.8) is 0 Å². The lowest BCUT2D eigenvalue weighted by atomic mass is 9.89. The maximum Gasteiger partial charge on any atom is 0.236 e. The quantitative estimate of drug-likeness (QED) is 0.839. The van der Waals surface area contributed by atoms with Gasteiger partial charge in [-0.2, -0.15) is 0 Å². The Morgan fingerprint density at radius 1 is 1.04 bits per heavy atom. The molecule has 150 valence electrons. The molecule has 1 N–H and O–H groups in total. The predicted molar refractivity (Wildman–Crippen MR) is 101 cm³/mol. The van der Waals surface area contributed by atoms with E-state index in [1.165, 1.54) is 18.2 Å². The van der Waals surface area contributed by atoms with E-state index in [2.05, 4.69) is 10.2 Å². The van der Waals surface area contributed by atoms with Crippen LogP contribution in [0.1, 0.15) is 30.7 Å². The molecule has 4 rings (SSSR count). The Balaban J connectivity index is 1.37. The summed E-state index contributed by atoms with van der Waals surface area (Å²) < 4.78 is 13.7. The maximum atomic E-state index is 13.7. The fourth-order valence-corrected chi connectivity index (χ4v) is 4.26. The molecule has 1 atom stereocenters. The zero-order chi connectivity index (χ0) is 19.7. The first-order valence-corrected chi connectivity index (χ1v) is 9.89. The number of hydrogen-bond acceptors (Lipinski definition) is 4. The molecule has 1 aromatic rings. The molecule has 3 amide bonds. The molecule has 0 aliphatic carbocycles. The number of piperazine rings is 1. The van der Waals surface area contributed by atoms with Crippen LogP contribution in [0.4, 0.5) is 10.1 Å². The average molecular weight is 388 g/mol. The summed E-state index contributed by atoms with van der Waals surface area (Å²) in [5, 5.41) is 2.70. The van der Waals surface area contributed by atoms with Crippen LogP contribution in [0, 0.1) is 5.82 Å². The molecule has 1 unspecified atom stereocenters. The van der Waals surface area contributed by atoms with Crippen LogP contribution in [0.3, 0.4) is 0 Å². The topological polar surface area (TPSA) is 73.0 Å². The molecule has 0 aromatic heterocycles. The second-order valence-electron chi connectivity index (χ2n) is 7.73. The van der Waals surface area contributed by atoms with E-state index in [-0.39, 0.29) is 24.1 Å². The molecule has 3 aliphatic rings. The van der Waals surface area contributed by atoms with Crippen molar-refractivity contribution in [3.05, 3.63) is 29.6 Å². The van der Waals surface area contributed by atoms with E-state index in [1.807, 2.05) is 4.90 Å². The first-order chi connectivity index (χ1) is 13.5. The predicted octanol–water partition coefficient (Wildman–Crippen LogP) is 1.02. The second kappa shape index (κ2) is 7.87. The van der Waals surface area contributed by atoms with Gasteiger partial charge in [0, 0.05) is 51.4 Å². The van der Waals surface area contributed by atoms with Crippen LogP contribution < -0.4 is 5.32 Å². The zero-order valence-electron chi connectivity index (χ0n) is 15.8. The second-order valence-corrected chi connectivity index (χ2v) is 7.73. The van der Waals surface area contributed by atoms with Crippen molar-refractivity contribution in [2.75, 3.05) is 51.1 Å². The summed E-state index contributed by atoms with van der Waals surface area (Å²) in [6.45, 7) is 4.35. The summed E-state index contributed by atoms with van der Waals surface area (Å²) in [4.78, 5) is 43.0. The van der Waals surface area contributed by atoms with Gasteiger partial charge in [0.2, 0.25) is 17.7 Å². The lowest BCUT2D eigenvalue weighted by Crippen LogP contribution is -2.52. The highest BCUT2D eigenvalue weighted by molar-refractivity contribution is 6.01. The van der Waals surface area contributed by atoms with Crippen molar-refractivity contribution in [3.8, 4) is 0 Å². The third-order valence-corrected chi connectivity index (χ3v) is 5.85. The van der Waals surface area contributed by atoms with E-state index in [0.717, 1.165) is 25.9 Å². The number of carbonyl (C=O) groups excluding carboxylic acids is 3. The van der Waals surface area contributed by atoms with Crippen molar-refractivity contribution >= 4 is 23.4 Å². The van der Waals surface area contributed by atoms with Gasteiger partial charge in [-0.25, -0.2) is 4.39 Å². The average Bonchev–Trinajstić information content (AvgIpc) is 3.23. The minimum atomic E-state index is -0.655. The van der Waals surface area contributed by atoms with Crippen molar-refractivity contribution in [2.24, 2.45) is 0 Å². The Morgan fingerprint density at radius 2 is 1.75 bits per heavy atom. The highest BCUT2D eigenvalue weighted by Crippen LogP contribution is 2.34. The maximum absolute atomic E-state index is 13.7. The van der Waals surface area contributed by atoms with Gasteiger partial charge in [0.05, 0.1) is 12.5 Å². The van der Waals surface area contributed by atoms with Crippen molar-refractivity contribution < 1.29 is 18.8 Å². The molecule has 0 spiro atoms. The Bertz CT molecular complexity index is 786. The molecule has 0 bridgehead atoms. The molecule has 0 radical (unpaired) electrons. The van der Waals surface area contributed by atoms with Crippen molar-refractivity contribution in [1.29, 1.82) is 0 Å². The number of halogens is 1. The van der Waals surface area contributed by atoms with E-state index >= 15 is 0 Å². The first-order valence-electron chi connectivity index (χ1n) is 9.89. The minimum Gasteiger partial charge on any atom is -0.342 e. The zero-order valence-corrected chi connectivity index (χ0v) is 15.8. The van der Waals surface area contributed by atoms with Gasteiger partial charge >= 0.3 is 0 Å². The highest BCUT2D eigenvalue weighted by atomic mass is 19.1. The normalized spacial score (nSPS) is 22.8. The number of benzene rings is 1. The fraction of sp³-hybridized carbons (Fsp3) is 0.550. The van der Waals surface area contributed by atoms with Crippen LogP contribution in [0.15, 0.2) is 18.2 Å². The Labute approximate surface area is 163 Å². The summed E-state index contributed by atoms with van der Waals surface area (Å²) in [7, 11) is 0. The number of hydrogen-bond donors (Lipinski definition) is 1. The molecule has 28 heavy (non-hydrogen) atoms. The van der Waals surface area contributed by atoms with Gasteiger partial charge < -0.3 is 15.1 Å². The third-order valence-electron chi connectivity index (χ3n) is 5.85. The van der Waals surface area contributed by atoms with Crippen LogP contribution in [-0.2, 0) is 14.4 Å². The standard InChI is InChI=1S/C20H25FN4O3/c21-14-3-4-17-15(11-14)16(12-18(26)22-17)20(28)25-9-7-23(8-10-25)13-19(27)24-5-1-2-6-24/h3-4,11,16H,1-2,5-10,12-13H2,(H,22,26). The summed E-state index contributed by atoms with van der Waals surface area (Å²) in [5.41, 5.74) is 1.04. The molecular weight excluding hydrogens is 363 g/mol. The van der Waals surface area contributed by atoms with Crippen LogP contribution in [-0.4, -0.2) is 78.2 Å². The van der Waals surface area contributed by atoms with E-state index in [0.29, 0.717) is 44.0 Å². The number of anilines is 1. The van der Waals surface area contributed by atoms with Crippen LogP contribution in [0.5, 0.6) is 0 Å². The number of likely N-dealkylation sites (tertiary alicyclic amines) is 1. The van der Waals surface area contributed by atoms with Gasteiger partial charge in [-0.3, -0.25) is 19.3 Å². The first kappa shape index (κ1) is 18.9. The molecule has 2 fully saturated rings. The minimum absolute atomic E-state index is 0.0307. The summed E-state index contributed by atoms with van der Waals surface area (Å²) in [6, 6.07) is 4.12. The summed E-state index contributed by atoms with van der Waals surface area (Å²) >= 11 is 0. The number of amides is 3. The smallest absolute Gasteiger partial charge is 0.236 e. The Kier molecular flexibility index (Phi) is 5.30. The van der Waals surface area contributed by atoms with Crippen molar-refractivity contribution in [1.82, 2.24) is 14.7 Å². The lowest BCUT2D eigenvalue weighted by molar-refractivity contribution is -0.137. The number of fused-ring (bicyclic) bond motifs is 1. The third kappa shape index (κ3) is 3.87. The van der Waals surface area contributed by atoms with Crippen LogP contribution >= 0.6 is 0 Å². The lowest BCUT2D eigenvalue weighted by Gasteiger charge is -2.37. The molecule has 1 aromatic carbocycles. The molecule has 8 heteroatoms. The number of carbonyl (C=O) groups is 3. The number of nitrogens with zero attached hydrogens (tertiary/aromatic N) is 3. The summed E-state index contributed by atoms with van der Waals surface area (Å²) in [6.07, 6.45) is 2.18. The van der Waals surface area contributed by atoms with Crippen LogP contribution in [0.25, 0.3) is 0 Å². The monoisotopic (exact) mass is 388 g/mol. The summed E-state index contributed by atoms with van der Waals surface area (Å²) in [5.74, 6) is -1.29. The van der Waals surface area contributed by atoms with E-state index in [1.54, 1.807) is 4.90 Å². The van der Waals surface area contributed by atoms with Gasteiger partial charge in [-0.05, 0) is 36.6 Å². The van der Waals surface area contributed by atoms with Gasteiger partial charge in [0.25, 0.3) is 0 Å². The molecule has 7 nitrogen and oxygen atoms in total. The number of nitrogens with one attached hydrogen (secondary N) is 1. The SMILES string of the molecule is O=C1CC(C(=O)N2CCN(CC(=O)N3CCCC3)CC2)c2cc(F)ccc2N1. The molecule has 0 saturated carbocycles. The van der Waals surface area contributed by atoms with Crippen molar-refractivity contribution in [2.45, 2.75) is 25.2 Å². The van der Waals surface area contributed by atoms with Gasteiger partial charge in [0.1, 0.15) is 5.82 Å². The van der Waals surface area contributed by atoms with E-state index in [4.69, 9.17) is 0 Å². The van der Waals surface area contributed by atoms with Gasteiger partial charge in [-0.15, -0.1) is 0 Å². The number of rotatable bonds is 3. The Morgan fingerprint density at radius 3 is 2.46 bits per heavy atom. The fourth-order valence-electron chi connectivity index (χ4n) is 4.26. The van der Waals surface area contributed by atoms with E-state index in [9.17, 15) is 18.8 Å². The highest BCUT2D eigenvalue weighted by Gasteiger charge is 2.35.